The third kappa shape index (κ3) is 12.9. The van der Waals surface area contributed by atoms with E-state index in [0.29, 0.717) is 49.2 Å². The molecule has 0 heterocycles. The number of hydrogen-bond donors (Lipinski definition) is 2. The number of benzene rings is 2. The highest BCUT2D eigenvalue weighted by atomic mass is 35.5. The lowest BCUT2D eigenvalue weighted by Gasteiger charge is -2.30. The van der Waals surface area contributed by atoms with Crippen LogP contribution in [0.1, 0.15) is 55.3 Å². The topological polar surface area (TPSA) is 100 Å². The minimum absolute atomic E-state index is 0.184. The molecule has 45 heavy (non-hydrogen) atoms. The molecule has 3 amide bonds. The summed E-state index contributed by atoms with van der Waals surface area (Å²) in [4.78, 5) is 41.7. The van der Waals surface area contributed by atoms with Crippen LogP contribution < -0.4 is 15.5 Å². The first-order valence-electron chi connectivity index (χ1n) is 16.1. The fraction of sp³-hybridized carbons (Fsp3) is 0.559. The second kappa shape index (κ2) is 18.0. The van der Waals surface area contributed by atoms with E-state index in [9.17, 15) is 14.4 Å². The van der Waals surface area contributed by atoms with Crippen molar-refractivity contribution in [1.29, 1.82) is 0 Å². The van der Waals surface area contributed by atoms with Gasteiger partial charge in [0, 0.05) is 62.8 Å². The predicted octanol–water partition coefficient (Wildman–Crippen LogP) is 7.70. The average Bonchev–Trinajstić information content (AvgIpc) is 3.00. The van der Waals surface area contributed by atoms with E-state index in [4.69, 9.17) is 16.3 Å². The Morgan fingerprint density at radius 1 is 1.02 bits per heavy atom. The van der Waals surface area contributed by atoms with E-state index in [2.05, 4.69) is 39.9 Å². The summed E-state index contributed by atoms with van der Waals surface area (Å²) in [6.07, 6.45) is 6.59. The Bertz CT molecular complexity index is 1250. The molecule has 2 N–H and O–H groups in total. The van der Waals surface area contributed by atoms with Gasteiger partial charge in [-0.15, -0.1) is 0 Å². The van der Waals surface area contributed by atoms with Gasteiger partial charge in [-0.05, 0) is 61.2 Å². The summed E-state index contributed by atoms with van der Waals surface area (Å²) in [6, 6.07) is 15.8. The fourth-order valence-electron chi connectivity index (χ4n) is 5.60. The van der Waals surface area contributed by atoms with Gasteiger partial charge in [0.1, 0.15) is 0 Å². The maximum atomic E-state index is 13.7. The van der Waals surface area contributed by atoms with Gasteiger partial charge in [-0.2, -0.15) is 0 Å². The zero-order valence-electron chi connectivity index (χ0n) is 27.6. The van der Waals surface area contributed by atoms with Crippen LogP contribution in [0.3, 0.4) is 0 Å². The number of methoxy groups -OCH3 is 1. The third-order valence-corrected chi connectivity index (χ3v) is 10.1. The molecule has 0 radical (unpaired) electrons. The molecule has 1 atom stereocenters. The van der Waals surface area contributed by atoms with Gasteiger partial charge in [0.25, 0.3) is 5.91 Å². The Morgan fingerprint density at radius 2 is 1.71 bits per heavy atom. The number of halogens is 1. The molecule has 9 nitrogen and oxygen atoms in total. The number of amides is 3. The number of rotatable bonds is 15. The first-order valence-corrected chi connectivity index (χ1v) is 20.2. The minimum atomic E-state index is -1.32. The Morgan fingerprint density at radius 3 is 2.38 bits per heavy atom. The van der Waals surface area contributed by atoms with Crippen LogP contribution in [0.15, 0.2) is 48.5 Å². The first-order chi connectivity index (χ1) is 21.4. The van der Waals surface area contributed by atoms with Gasteiger partial charge >= 0.3 is 12.2 Å². The van der Waals surface area contributed by atoms with Crippen LogP contribution >= 0.6 is 11.6 Å². The van der Waals surface area contributed by atoms with E-state index >= 15 is 0 Å². The zero-order valence-corrected chi connectivity index (χ0v) is 29.3. The number of nitrogens with one attached hydrogen (secondary N) is 2. The number of likely N-dealkylation sites (N-methyl/N-ethyl adjacent to an activating group) is 1. The summed E-state index contributed by atoms with van der Waals surface area (Å²) < 4.78 is 10.3. The van der Waals surface area contributed by atoms with Gasteiger partial charge in [-0.3, -0.25) is 4.79 Å². The molecule has 11 heteroatoms. The third-order valence-electron chi connectivity index (χ3n) is 8.11. The summed E-state index contributed by atoms with van der Waals surface area (Å²) in [6.45, 7) is 8.58. The standard InChI is InChI=1S/C34H51ClN4O5Si/c1-38(34(42)44-20-21-45(3,4)5)25-29(22-26-12-7-6-8-13-26)37-32(40)27-14-9-16-30(23-27)39(19-11-18-36-33(41)43-2)31-17-10-15-28(35)24-31/h9-10,14-17,23-24,26,29H,6-8,11-13,18-22,25H2,1-5H3,(H,36,41)(H,37,40)/t29-/m0/s1. The van der Waals surface area contributed by atoms with Gasteiger partial charge in [-0.25, -0.2) is 9.59 Å². The number of anilines is 2. The Hall–Kier alpha value is -3.24. The molecule has 1 aliphatic carbocycles. The van der Waals surface area contributed by atoms with Crippen molar-refractivity contribution in [1.82, 2.24) is 15.5 Å². The predicted molar refractivity (Wildman–Crippen MR) is 185 cm³/mol. The molecule has 3 rings (SSSR count). The highest BCUT2D eigenvalue weighted by Crippen LogP contribution is 2.30. The van der Waals surface area contributed by atoms with Crippen molar-refractivity contribution in [3.05, 3.63) is 59.1 Å². The summed E-state index contributed by atoms with van der Waals surface area (Å²) >= 11 is 6.33. The first kappa shape index (κ1) is 36.2. The summed E-state index contributed by atoms with van der Waals surface area (Å²) in [5.41, 5.74) is 2.23. The molecular weight excluding hydrogens is 608 g/mol. The molecular formula is C34H51ClN4O5Si. The largest absolute Gasteiger partial charge is 0.453 e. The Balaban J connectivity index is 1.75. The molecule has 1 saturated carbocycles. The van der Waals surface area contributed by atoms with Crippen LogP contribution in [0.5, 0.6) is 0 Å². The lowest BCUT2D eigenvalue weighted by molar-refractivity contribution is 0.0889. The number of nitrogens with zero attached hydrogens (tertiary/aromatic N) is 2. The van der Waals surface area contributed by atoms with Crippen LogP contribution in [-0.2, 0) is 9.47 Å². The smallest absolute Gasteiger partial charge is 0.409 e. The van der Waals surface area contributed by atoms with Crippen molar-refractivity contribution in [3.63, 3.8) is 0 Å². The molecule has 0 bridgehead atoms. The van der Waals surface area contributed by atoms with Gasteiger partial charge in [-0.1, -0.05) is 75.5 Å². The van der Waals surface area contributed by atoms with E-state index in [1.165, 1.54) is 26.4 Å². The highest BCUT2D eigenvalue weighted by Gasteiger charge is 2.25. The van der Waals surface area contributed by atoms with E-state index in [-0.39, 0.29) is 18.0 Å². The number of ether oxygens (including phenoxy) is 2. The molecule has 2 aromatic carbocycles. The molecule has 2 aromatic rings. The lowest BCUT2D eigenvalue weighted by Crippen LogP contribution is -2.45. The monoisotopic (exact) mass is 658 g/mol. The van der Waals surface area contributed by atoms with Crippen molar-refractivity contribution < 1.29 is 23.9 Å². The highest BCUT2D eigenvalue weighted by molar-refractivity contribution is 6.76. The summed E-state index contributed by atoms with van der Waals surface area (Å²) in [5.74, 6) is 0.333. The SMILES string of the molecule is COC(=O)NCCCN(c1cccc(Cl)c1)c1cccc(C(=O)N[C@@H](CC2CCCCC2)CN(C)C(=O)OCC[Si](C)(C)C)c1. The fourth-order valence-corrected chi connectivity index (χ4v) is 6.50. The molecule has 0 spiro atoms. The van der Waals surface area contributed by atoms with Gasteiger partial charge in [0.15, 0.2) is 0 Å². The van der Waals surface area contributed by atoms with Crippen molar-refractivity contribution in [3.8, 4) is 0 Å². The van der Waals surface area contributed by atoms with Crippen molar-refractivity contribution in [2.24, 2.45) is 5.92 Å². The average molecular weight is 659 g/mol. The van der Waals surface area contributed by atoms with Crippen LogP contribution in [-0.4, -0.2) is 77.5 Å². The van der Waals surface area contributed by atoms with E-state index in [0.717, 1.165) is 36.7 Å². The van der Waals surface area contributed by atoms with Crippen molar-refractivity contribution >= 4 is 49.1 Å². The molecule has 1 aliphatic rings. The zero-order chi connectivity index (χ0) is 32.8. The second-order valence-corrected chi connectivity index (χ2v) is 19.2. The molecule has 0 saturated heterocycles. The van der Waals surface area contributed by atoms with Gasteiger partial charge < -0.3 is 29.9 Å². The number of carbonyl (C=O) groups excluding carboxylic acids is 3. The van der Waals surface area contributed by atoms with Gasteiger partial charge in [0.05, 0.1) is 13.7 Å². The molecule has 0 unspecified atom stereocenters. The molecule has 0 aromatic heterocycles. The maximum absolute atomic E-state index is 13.7. The van der Waals surface area contributed by atoms with Crippen LogP contribution in [0, 0.1) is 5.92 Å². The lowest BCUT2D eigenvalue weighted by atomic mass is 9.84. The van der Waals surface area contributed by atoms with Gasteiger partial charge in [0.2, 0.25) is 0 Å². The normalized spacial score (nSPS) is 14.3. The minimum Gasteiger partial charge on any atom is -0.453 e. The molecule has 1 fully saturated rings. The number of alkyl carbamates (subject to hydrolysis) is 1. The van der Waals surface area contributed by atoms with E-state index in [1.54, 1.807) is 18.0 Å². The number of carbonyl (C=O) groups is 3. The van der Waals surface area contributed by atoms with Crippen LogP contribution in [0.25, 0.3) is 0 Å². The van der Waals surface area contributed by atoms with E-state index in [1.807, 2.05) is 42.5 Å². The Labute approximate surface area is 275 Å². The van der Waals surface area contributed by atoms with Crippen LogP contribution in [0.4, 0.5) is 21.0 Å². The Kier molecular flexibility index (Phi) is 14.5. The molecule has 248 valence electrons. The summed E-state index contributed by atoms with van der Waals surface area (Å²) in [5, 5.41) is 6.57. The van der Waals surface area contributed by atoms with Crippen LogP contribution in [0.2, 0.25) is 30.7 Å². The maximum Gasteiger partial charge on any atom is 0.409 e. The van der Waals surface area contributed by atoms with Crippen molar-refractivity contribution in [2.75, 3.05) is 45.3 Å². The quantitative estimate of drug-likeness (QED) is 0.150. The van der Waals surface area contributed by atoms with Crippen molar-refractivity contribution in [2.45, 2.75) is 76.7 Å². The number of hydrogen-bond acceptors (Lipinski definition) is 6. The second-order valence-electron chi connectivity index (χ2n) is 13.2. The molecule has 0 aliphatic heterocycles. The summed E-state index contributed by atoms with van der Waals surface area (Å²) in [7, 11) is 1.76. The van der Waals surface area contributed by atoms with E-state index < -0.39 is 14.2 Å².